The van der Waals surface area contributed by atoms with E-state index in [0.717, 1.165) is 43.6 Å². The number of amides is 6. The van der Waals surface area contributed by atoms with E-state index in [1.807, 2.05) is 18.0 Å². The summed E-state index contributed by atoms with van der Waals surface area (Å²) in [5, 5.41) is 78.1. The quantitative estimate of drug-likeness (QED) is 0.0293. The summed E-state index contributed by atoms with van der Waals surface area (Å²) in [6.45, 7) is 0.765. The van der Waals surface area contributed by atoms with E-state index in [2.05, 4.69) is 42.2 Å². The predicted molar refractivity (Wildman–Crippen MR) is 259 cm³/mol. The predicted octanol–water partition coefficient (Wildman–Crippen LogP) is -1.08. The maximum atomic E-state index is 12.6. The van der Waals surface area contributed by atoms with Gasteiger partial charge in [-0.3, -0.25) is 19.2 Å². The van der Waals surface area contributed by atoms with Crippen LogP contribution in [0, 0.1) is 0 Å². The number of urea groups is 1. The molecule has 4 heterocycles. The van der Waals surface area contributed by atoms with Gasteiger partial charge in [0.2, 0.25) is 23.6 Å². The average Bonchev–Trinajstić information content (AvgIpc) is 4.08. The molecule has 26 heteroatoms. The van der Waals surface area contributed by atoms with Crippen molar-refractivity contribution in [3.8, 4) is 0 Å². The van der Waals surface area contributed by atoms with Crippen molar-refractivity contribution in [2.45, 2.75) is 137 Å². The smallest absolute Gasteiger partial charge is 0.364 e. The first-order valence-electron chi connectivity index (χ1n) is 24.4. The molecular formula is C46H70ClN9O15S. The Morgan fingerprint density at radius 3 is 2.35 bits per heavy atom. The Hall–Kier alpha value is -4.70. The molecule has 1 aromatic carbocycles. The molecule has 24 nitrogen and oxygen atoms in total. The maximum absolute atomic E-state index is 12.6. The number of fused-ring (bicyclic) bond motifs is 1. The van der Waals surface area contributed by atoms with Gasteiger partial charge in [-0.1, -0.05) is 48.2 Å². The molecule has 0 bridgehead atoms. The molecule has 11 N–H and O–H groups in total. The summed E-state index contributed by atoms with van der Waals surface area (Å²) in [4.78, 5) is 73.1. The monoisotopic (exact) mass is 1060 g/mol. The van der Waals surface area contributed by atoms with Crippen LogP contribution in [0.4, 0.5) is 4.79 Å². The number of nitrogens with zero attached hydrogens (tertiary/aromatic N) is 3. The van der Waals surface area contributed by atoms with Crippen LogP contribution < -0.4 is 31.9 Å². The number of carbonyl (C=O) groups excluding carboxylic acids is 5. The van der Waals surface area contributed by atoms with Gasteiger partial charge in [-0.05, 0) is 49.8 Å². The number of rotatable bonds is 34. The number of aryl methyl sites for hydroxylation is 1. The number of aliphatic carboxylic acids is 1. The minimum atomic E-state index is -2.46. The van der Waals surface area contributed by atoms with Gasteiger partial charge in [-0.15, -0.1) is 5.10 Å². The topological polar surface area (TPSA) is 343 Å². The molecule has 72 heavy (non-hydrogen) atoms. The maximum Gasteiger partial charge on any atom is 0.364 e. The number of benzene rings is 1. The van der Waals surface area contributed by atoms with E-state index in [0.29, 0.717) is 81.0 Å². The molecular weight excluding hydrogens is 986 g/mol. The Bertz CT molecular complexity index is 2040. The highest BCUT2D eigenvalue weighted by Gasteiger charge is 2.56. The van der Waals surface area contributed by atoms with Crippen molar-refractivity contribution in [1.29, 1.82) is 0 Å². The first-order chi connectivity index (χ1) is 34.7. The van der Waals surface area contributed by atoms with Crippen LogP contribution in [0.3, 0.4) is 0 Å². The van der Waals surface area contributed by atoms with E-state index < -0.39 is 73.6 Å². The normalized spacial score (nSPS) is 23.3. The molecule has 3 saturated heterocycles. The van der Waals surface area contributed by atoms with Gasteiger partial charge in [-0.2, -0.15) is 11.8 Å². The van der Waals surface area contributed by atoms with Crippen molar-refractivity contribution < 1.29 is 73.2 Å². The van der Waals surface area contributed by atoms with Crippen molar-refractivity contribution in [3.05, 3.63) is 46.7 Å². The fourth-order valence-corrected chi connectivity index (χ4v) is 10.1. The third-order valence-electron chi connectivity index (χ3n) is 12.3. The van der Waals surface area contributed by atoms with Crippen LogP contribution in [0.2, 0.25) is 5.02 Å². The van der Waals surface area contributed by atoms with E-state index in [9.17, 15) is 54.3 Å². The van der Waals surface area contributed by atoms with Crippen molar-refractivity contribution in [2.24, 2.45) is 0 Å². The van der Waals surface area contributed by atoms with E-state index in [1.54, 1.807) is 28.9 Å². The zero-order valence-corrected chi connectivity index (χ0v) is 41.8. The first-order valence-corrected chi connectivity index (χ1v) is 25.9. The van der Waals surface area contributed by atoms with Crippen LogP contribution in [0.1, 0.15) is 75.5 Å². The fourth-order valence-electron chi connectivity index (χ4n) is 8.42. The molecule has 9 atom stereocenters. The number of hydrogen-bond acceptors (Lipinski definition) is 17. The third-order valence-corrected chi connectivity index (χ3v) is 14.1. The Morgan fingerprint density at radius 1 is 0.889 bits per heavy atom. The molecule has 402 valence electrons. The Kier molecular flexibility index (Phi) is 24.6. The number of unbranched alkanes of at least 4 members (excludes halogenated alkanes) is 4. The number of halogens is 1. The van der Waals surface area contributed by atoms with E-state index in [1.165, 1.54) is 0 Å². The number of aromatic nitrogens is 3. The lowest BCUT2D eigenvalue weighted by molar-refractivity contribution is -0.310. The summed E-state index contributed by atoms with van der Waals surface area (Å²) in [6.07, 6.45) is 0.441. The molecule has 5 rings (SSSR count). The van der Waals surface area contributed by atoms with Crippen molar-refractivity contribution in [3.63, 3.8) is 0 Å². The zero-order valence-electron chi connectivity index (χ0n) is 40.2. The van der Waals surface area contributed by atoms with E-state index >= 15 is 0 Å². The third kappa shape index (κ3) is 19.3. The summed E-state index contributed by atoms with van der Waals surface area (Å²) < 4.78 is 24.3. The molecule has 0 spiro atoms. The second-order valence-corrected chi connectivity index (χ2v) is 19.6. The van der Waals surface area contributed by atoms with Crippen LogP contribution in [0.5, 0.6) is 0 Å². The molecule has 2 aromatic rings. The minimum Gasteiger partial charge on any atom is -0.477 e. The number of thioether (sulfide) groups is 1. The number of aliphatic hydroxyl groups is 4. The Morgan fingerprint density at radius 2 is 1.61 bits per heavy atom. The standard InChI is InChI=1S/C46H70ClN9O15S/c47-30-12-10-29(11-13-30)23-38(62)50-25-34(59)42(64)43-41(52-39(63)27-57)33(58)24-46(71-43,44(65)66)70-18-6-2-1-3-7-31-26-56(55-54-31)17-22-69-21-16-49-37(61)14-19-68-20-15-48-36(60)9-5-4-8-35-40-32(28-72-35)51-45(67)53-40/h10-13,26,32-35,40-43,57-59,64H,1-9,14-25,27-28H2,(H,48,60)(H,49,61)(H,50,62)(H,52,63)(H,65,66)(H2,51,53,67)/t32-,33+,34-,35-,40-,41-,42-,43-,46-/m1/s1. The van der Waals surface area contributed by atoms with Crippen molar-refractivity contribution >= 4 is 59.0 Å². The van der Waals surface area contributed by atoms with Gasteiger partial charge in [-0.25, -0.2) is 14.3 Å². The van der Waals surface area contributed by atoms with Gasteiger partial charge in [0, 0.05) is 61.1 Å². The van der Waals surface area contributed by atoms with Gasteiger partial charge in [0.05, 0.1) is 82.0 Å². The second kappa shape index (κ2) is 30.5. The van der Waals surface area contributed by atoms with Crippen LogP contribution in [-0.2, 0) is 62.3 Å². The van der Waals surface area contributed by atoms with Gasteiger partial charge >= 0.3 is 12.0 Å². The molecule has 0 saturated carbocycles. The highest BCUT2D eigenvalue weighted by molar-refractivity contribution is 8.00. The summed E-state index contributed by atoms with van der Waals surface area (Å²) in [6, 6.07) is 5.34. The average molecular weight is 1060 g/mol. The number of carboxylic acids is 1. The molecule has 1 aromatic heterocycles. The highest BCUT2D eigenvalue weighted by atomic mass is 35.5. The zero-order chi connectivity index (χ0) is 51.9. The molecule has 6 amide bonds. The molecule has 0 unspecified atom stereocenters. The van der Waals surface area contributed by atoms with Crippen LogP contribution in [-0.4, -0.2) is 195 Å². The lowest BCUT2D eigenvalue weighted by atomic mass is 9.88. The van der Waals surface area contributed by atoms with Gasteiger partial charge < -0.3 is 76.4 Å². The van der Waals surface area contributed by atoms with Gasteiger partial charge in [0.15, 0.2) is 0 Å². The number of carboxylic acid groups (broad SMARTS) is 1. The SMILES string of the molecule is O=C(CCCC[C@H]1SC[C@H]2NC(=O)N[C@H]21)NCCOCCC(=O)NCCOCCn1cc(CCCCCCO[C@]2(C(=O)O)C[C@H](O)[C@@H](NC(=O)CO)[C@H]([C@H](O)[C@H](O)CNC(=O)Cc3ccc(Cl)cc3)O2)nn1. The number of hydrogen-bond donors (Lipinski definition) is 11. The summed E-state index contributed by atoms with van der Waals surface area (Å²) in [7, 11) is 0. The lowest BCUT2D eigenvalue weighted by Crippen LogP contribution is -2.68. The number of nitrogens with one attached hydrogen (secondary N) is 6. The lowest BCUT2D eigenvalue weighted by Gasteiger charge is -2.46. The summed E-state index contributed by atoms with van der Waals surface area (Å²) in [5.41, 5.74) is 1.41. The molecule has 3 aliphatic rings. The van der Waals surface area contributed by atoms with Gasteiger partial charge in [0.1, 0.15) is 18.8 Å². The molecule has 0 aliphatic carbocycles. The van der Waals surface area contributed by atoms with Crippen LogP contribution >= 0.6 is 23.4 Å². The van der Waals surface area contributed by atoms with Crippen LogP contribution in [0.15, 0.2) is 30.5 Å². The number of carbonyl (C=O) groups is 6. The summed E-state index contributed by atoms with van der Waals surface area (Å²) >= 11 is 7.76. The largest absolute Gasteiger partial charge is 0.477 e. The fraction of sp³-hybridized carbons (Fsp3) is 0.696. The van der Waals surface area contributed by atoms with E-state index in [4.69, 9.17) is 30.5 Å². The molecule has 3 aliphatic heterocycles. The first kappa shape index (κ1) is 58.2. The van der Waals surface area contributed by atoms with Crippen molar-refractivity contribution in [2.75, 3.05) is 65.0 Å². The van der Waals surface area contributed by atoms with Crippen molar-refractivity contribution in [1.82, 2.24) is 46.9 Å². The van der Waals surface area contributed by atoms with Crippen LogP contribution in [0.25, 0.3) is 0 Å². The molecule has 0 radical (unpaired) electrons. The number of aliphatic hydroxyl groups excluding tert-OH is 4. The minimum absolute atomic E-state index is 0.0348. The van der Waals surface area contributed by atoms with Gasteiger partial charge in [0.25, 0.3) is 5.79 Å². The summed E-state index contributed by atoms with van der Waals surface area (Å²) in [5.74, 6) is -4.81. The Labute approximate surface area is 426 Å². The molecule has 3 fully saturated rings. The Balaban J connectivity index is 0.879. The highest BCUT2D eigenvalue weighted by Crippen LogP contribution is 2.35. The second-order valence-electron chi connectivity index (χ2n) is 17.9. The number of ether oxygens (including phenoxy) is 4. The van der Waals surface area contributed by atoms with E-state index in [-0.39, 0.29) is 56.0 Å².